The Morgan fingerprint density at radius 3 is 2.55 bits per heavy atom. The fourth-order valence-corrected chi connectivity index (χ4v) is 2.52. The Morgan fingerprint density at radius 2 is 1.97 bits per heavy atom. The lowest BCUT2D eigenvalue weighted by Gasteiger charge is -2.09. The third kappa shape index (κ3) is 7.93. The van der Waals surface area contributed by atoms with Crippen LogP contribution >= 0.6 is 0 Å². The highest BCUT2D eigenvalue weighted by Gasteiger charge is 2.30. The van der Waals surface area contributed by atoms with Crippen LogP contribution in [0.2, 0.25) is 0 Å². The topological polar surface area (TPSA) is 67.8 Å². The van der Waals surface area contributed by atoms with Crippen LogP contribution in [-0.2, 0) is 20.5 Å². The molecule has 29 heavy (non-hydrogen) atoms. The van der Waals surface area contributed by atoms with Crippen LogP contribution < -0.4 is 5.43 Å². The minimum Gasteiger partial charge on any atom is -0.468 e. The molecule has 1 heterocycles. The Balaban J connectivity index is 0.000000311. The lowest BCUT2D eigenvalue weighted by atomic mass is 9.98. The quantitative estimate of drug-likeness (QED) is 0.543. The number of ketones is 1. The summed E-state index contributed by atoms with van der Waals surface area (Å²) in [5.41, 5.74) is 3.05. The Morgan fingerprint density at radius 1 is 1.24 bits per heavy atom. The zero-order chi connectivity index (χ0) is 21.9. The van der Waals surface area contributed by atoms with Crippen LogP contribution in [0.25, 0.3) is 5.57 Å². The van der Waals surface area contributed by atoms with Crippen molar-refractivity contribution in [3.63, 3.8) is 0 Å². The number of hydrogen-bond donors (Lipinski definition) is 1. The standard InChI is InChI=1S/C12H9F3N2.C9H16O3/c13-12(14,15)11-5-1-3-9(7-11)10-4-2-6-16-17-8-10;1-4-6-8(10)7(5-2)9(11)12-3/h1-8,16H;7H,4-6H2,1-3H3. The lowest BCUT2D eigenvalue weighted by molar-refractivity contribution is -0.149. The molecule has 0 saturated carbocycles. The van der Waals surface area contributed by atoms with Gasteiger partial charge in [0.25, 0.3) is 0 Å². The predicted molar refractivity (Wildman–Crippen MR) is 106 cm³/mol. The minimum absolute atomic E-state index is 0.00755. The molecule has 0 bridgehead atoms. The predicted octanol–water partition coefficient (Wildman–Crippen LogP) is 4.75. The summed E-state index contributed by atoms with van der Waals surface area (Å²) < 4.78 is 42.1. The number of rotatable bonds is 6. The average molecular weight is 410 g/mol. The average Bonchev–Trinajstić information content (AvgIpc) is 2.98. The van der Waals surface area contributed by atoms with Crippen LogP contribution in [-0.4, -0.2) is 25.1 Å². The number of nitrogens with zero attached hydrogens (tertiary/aromatic N) is 1. The van der Waals surface area contributed by atoms with Crippen LogP contribution in [0.3, 0.4) is 0 Å². The highest BCUT2D eigenvalue weighted by atomic mass is 19.4. The van der Waals surface area contributed by atoms with Crippen molar-refractivity contribution in [1.29, 1.82) is 0 Å². The third-order valence-corrected chi connectivity index (χ3v) is 4.03. The van der Waals surface area contributed by atoms with Gasteiger partial charge in [0, 0.05) is 18.2 Å². The summed E-state index contributed by atoms with van der Waals surface area (Å²) in [6, 6.07) is 5.16. The van der Waals surface area contributed by atoms with Crippen LogP contribution in [0.4, 0.5) is 13.2 Å². The van der Waals surface area contributed by atoms with Crippen LogP contribution in [0.15, 0.2) is 47.7 Å². The summed E-state index contributed by atoms with van der Waals surface area (Å²) >= 11 is 0. The maximum Gasteiger partial charge on any atom is 0.416 e. The van der Waals surface area contributed by atoms with E-state index in [9.17, 15) is 22.8 Å². The Hall–Kier alpha value is -2.90. The second-order valence-electron chi connectivity index (χ2n) is 6.15. The molecule has 0 fully saturated rings. The number of Topliss-reactive ketones (excluding diaryl/α,β-unsaturated/α-hetero) is 1. The molecular weight excluding hydrogens is 385 g/mol. The Labute approximate surface area is 168 Å². The molecule has 8 heteroatoms. The summed E-state index contributed by atoms with van der Waals surface area (Å²) in [7, 11) is 1.31. The maximum atomic E-state index is 12.5. The van der Waals surface area contributed by atoms with Crippen molar-refractivity contribution >= 4 is 23.5 Å². The molecule has 0 aromatic heterocycles. The molecule has 1 aliphatic heterocycles. The van der Waals surface area contributed by atoms with E-state index in [0.717, 1.165) is 18.6 Å². The SMILES string of the molecule is CCCC(=O)C(CC)C(=O)OC.FC(F)(F)c1cccc(C2=CC=CNN=C2)c1. The molecule has 1 atom stereocenters. The van der Waals surface area contributed by atoms with Crippen molar-refractivity contribution in [3.05, 3.63) is 53.7 Å². The lowest BCUT2D eigenvalue weighted by Crippen LogP contribution is -2.24. The molecule has 5 nitrogen and oxygen atoms in total. The van der Waals surface area contributed by atoms with Gasteiger partial charge in [-0.1, -0.05) is 32.1 Å². The third-order valence-electron chi connectivity index (χ3n) is 4.03. The fourth-order valence-electron chi connectivity index (χ4n) is 2.52. The van der Waals surface area contributed by atoms with E-state index in [1.807, 2.05) is 13.8 Å². The van der Waals surface area contributed by atoms with Crippen molar-refractivity contribution < 1.29 is 27.5 Å². The van der Waals surface area contributed by atoms with Gasteiger partial charge < -0.3 is 4.74 Å². The van der Waals surface area contributed by atoms with Gasteiger partial charge in [-0.05, 0) is 36.6 Å². The van der Waals surface area contributed by atoms with E-state index in [1.54, 1.807) is 24.4 Å². The smallest absolute Gasteiger partial charge is 0.416 e. The van der Waals surface area contributed by atoms with Gasteiger partial charge in [0.05, 0.1) is 18.9 Å². The summed E-state index contributed by atoms with van der Waals surface area (Å²) in [6.45, 7) is 3.73. The number of ether oxygens (including phenoxy) is 1. The molecule has 1 aromatic carbocycles. The molecular formula is C21H25F3N2O3. The minimum atomic E-state index is -4.33. The maximum absolute atomic E-state index is 12.5. The van der Waals surface area contributed by atoms with Gasteiger partial charge in [-0.25, -0.2) is 0 Å². The van der Waals surface area contributed by atoms with E-state index >= 15 is 0 Å². The van der Waals surface area contributed by atoms with E-state index in [0.29, 0.717) is 24.0 Å². The van der Waals surface area contributed by atoms with Crippen molar-refractivity contribution in [2.24, 2.45) is 11.0 Å². The molecule has 2 rings (SSSR count). The number of carbonyl (C=O) groups excluding carboxylic acids is 2. The van der Waals surface area contributed by atoms with Crippen molar-refractivity contribution in [2.45, 2.75) is 39.3 Å². The highest BCUT2D eigenvalue weighted by molar-refractivity contribution is 6.10. The second-order valence-corrected chi connectivity index (χ2v) is 6.15. The van der Waals surface area contributed by atoms with E-state index in [4.69, 9.17) is 0 Å². The summed E-state index contributed by atoms with van der Waals surface area (Å²) in [5, 5.41) is 3.81. The van der Waals surface area contributed by atoms with E-state index in [-0.39, 0.29) is 5.78 Å². The zero-order valence-corrected chi connectivity index (χ0v) is 16.6. The van der Waals surface area contributed by atoms with Crippen molar-refractivity contribution in [2.75, 3.05) is 7.11 Å². The molecule has 0 aliphatic carbocycles. The van der Waals surface area contributed by atoms with Crippen LogP contribution in [0, 0.1) is 5.92 Å². The van der Waals surface area contributed by atoms with Gasteiger partial charge in [-0.2, -0.15) is 18.3 Å². The molecule has 1 aromatic rings. The number of esters is 1. The number of hydrazone groups is 1. The van der Waals surface area contributed by atoms with Crippen LogP contribution in [0.5, 0.6) is 0 Å². The number of methoxy groups -OCH3 is 1. The zero-order valence-electron chi connectivity index (χ0n) is 16.6. The first-order valence-corrected chi connectivity index (χ1v) is 9.18. The number of alkyl halides is 3. The van der Waals surface area contributed by atoms with Crippen LogP contribution in [0.1, 0.15) is 44.2 Å². The summed E-state index contributed by atoms with van der Waals surface area (Å²) in [6.07, 6.45) is 3.91. The number of halogens is 3. The summed E-state index contributed by atoms with van der Waals surface area (Å²) in [4.78, 5) is 22.3. The number of nitrogens with one attached hydrogen (secondary N) is 1. The molecule has 158 valence electrons. The molecule has 0 radical (unpaired) electrons. The molecule has 1 unspecified atom stereocenters. The first-order chi connectivity index (χ1) is 13.7. The molecule has 1 N–H and O–H groups in total. The first kappa shape index (κ1) is 24.1. The van der Waals surface area contributed by atoms with Crippen molar-refractivity contribution in [1.82, 2.24) is 5.43 Å². The second kappa shape index (κ2) is 11.8. The Bertz CT molecular complexity index is 784. The highest BCUT2D eigenvalue weighted by Crippen LogP contribution is 2.30. The van der Waals surface area contributed by atoms with Gasteiger partial charge in [0.15, 0.2) is 0 Å². The number of allylic oxidation sites excluding steroid dienone is 3. The molecule has 0 spiro atoms. The first-order valence-electron chi connectivity index (χ1n) is 9.18. The number of hydrogen-bond acceptors (Lipinski definition) is 5. The largest absolute Gasteiger partial charge is 0.468 e. The molecule has 1 aliphatic rings. The van der Waals surface area contributed by atoms with Gasteiger partial charge in [0.2, 0.25) is 0 Å². The van der Waals surface area contributed by atoms with E-state index < -0.39 is 23.6 Å². The van der Waals surface area contributed by atoms with Gasteiger partial charge in [-0.3, -0.25) is 15.0 Å². The van der Waals surface area contributed by atoms with Crippen molar-refractivity contribution in [3.8, 4) is 0 Å². The fraction of sp³-hybridized carbons (Fsp3) is 0.381. The molecule has 0 saturated heterocycles. The van der Waals surface area contributed by atoms with E-state index in [2.05, 4.69) is 15.3 Å². The number of carbonyl (C=O) groups is 2. The van der Waals surface area contributed by atoms with Gasteiger partial charge >= 0.3 is 12.1 Å². The summed E-state index contributed by atoms with van der Waals surface area (Å²) in [5.74, 6) is -0.960. The number of benzene rings is 1. The van der Waals surface area contributed by atoms with Gasteiger partial charge in [0.1, 0.15) is 11.7 Å². The molecule has 0 amide bonds. The Kier molecular flexibility index (Phi) is 9.85. The van der Waals surface area contributed by atoms with Gasteiger partial charge in [-0.15, -0.1) is 0 Å². The monoisotopic (exact) mass is 410 g/mol. The normalized spacial score (nSPS) is 13.9. The van der Waals surface area contributed by atoms with E-state index in [1.165, 1.54) is 19.4 Å².